The molecule has 134 valence electrons. The Morgan fingerprint density at radius 2 is 1.96 bits per heavy atom. The summed E-state index contributed by atoms with van der Waals surface area (Å²) in [6, 6.07) is 8.17. The van der Waals surface area contributed by atoms with E-state index in [0.717, 1.165) is 41.9 Å². The van der Waals surface area contributed by atoms with Crippen LogP contribution in [-0.4, -0.2) is 36.9 Å². The lowest BCUT2D eigenvalue weighted by atomic mass is 10.1. The summed E-state index contributed by atoms with van der Waals surface area (Å²) in [6.07, 6.45) is 7.54. The lowest BCUT2D eigenvalue weighted by Gasteiger charge is -2.23. The van der Waals surface area contributed by atoms with Crippen molar-refractivity contribution in [1.29, 1.82) is 0 Å². The number of rotatable bonds is 3. The van der Waals surface area contributed by atoms with E-state index in [-0.39, 0.29) is 11.9 Å². The van der Waals surface area contributed by atoms with E-state index in [0.29, 0.717) is 5.56 Å². The van der Waals surface area contributed by atoms with E-state index in [1.165, 1.54) is 0 Å². The van der Waals surface area contributed by atoms with Crippen LogP contribution in [0.25, 0.3) is 5.69 Å². The fourth-order valence-electron chi connectivity index (χ4n) is 3.79. The van der Waals surface area contributed by atoms with Gasteiger partial charge >= 0.3 is 0 Å². The number of hydrogen-bond acceptors (Lipinski definition) is 3. The molecule has 1 aliphatic rings. The third-order valence-electron chi connectivity index (χ3n) is 5.21. The van der Waals surface area contributed by atoms with Crippen molar-refractivity contribution in [2.75, 3.05) is 6.54 Å². The maximum absolute atomic E-state index is 13.2. The number of nitrogens with zero attached hydrogens (tertiary/aromatic N) is 5. The lowest BCUT2D eigenvalue weighted by molar-refractivity contribution is 0.0735. The second kappa shape index (κ2) is 6.44. The molecular weight excluding hydrogens is 326 g/mol. The fraction of sp³-hybridized carbons (Fsp3) is 0.350. The molecule has 0 saturated carbocycles. The molecule has 3 heterocycles. The first-order valence-electron chi connectivity index (χ1n) is 8.96. The molecule has 6 nitrogen and oxygen atoms in total. The molecule has 0 radical (unpaired) electrons. The molecule has 1 amide bonds. The minimum atomic E-state index is 0.0497. The van der Waals surface area contributed by atoms with E-state index >= 15 is 0 Å². The Morgan fingerprint density at radius 1 is 1.15 bits per heavy atom. The van der Waals surface area contributed by atoms with Gasteiger partial charge in [-0.2, -0.15) is 10.2 Å². The highest BCUT2D eigenvalue weighted by atomic mass is 16.2. The number of benzene rings is 1. The Kier molecular flexibility index (Phi) is 4.11. The number of amides is 1. The molecular formula is C20H23N5O. The van der Waals surface area contributed by atoms with Crippen molar-refractivity contribution in [2.45, 2.75) is 32.7 Å². The molecule has 1 aromatic carbocycles. The smallest absolute Gasteiger partial charge is 0.257 e. The van der Waals surface area contributed by atoms with Crippen LogP contribution < -0.4 is 0 Å². The van der Waals surface area contributed by atoms with Crippen LogP contribution in [0.15, 0.2) is 42.9 Å². The summed E-state index contributed by atoms with van der Waals surface area (Å²) in [6.45, 7) is 4.78. The van der Waals surface area contributed by atoms with Crippen molar-refractivity contribution in [3.05, 3.63) is 65.2 Å². The van der Waals surface area contributed by atoms with Gasteiger partial charge in [0, 0.05) is 25.4 Å². The Morgan fingerprint density at radius 3 is 2.69 bits per heavy atom. The molecule has 1 atom stereocenters. The topological polar surface area (TPSA) is 56.0 Å². The van der Waals surface area contributed by atoms with Gasteiger partial charge < -0.3 is 4.90 Å². The van der Waals surface area contributed by atoms with Gasteiger partial charge in [0.05, 0.1) is 35.4 Å². The van der Waals surface area contributed by atoms with E-state index < -0.39 is 0 Å². The lowest BCUT2D eigenvalue weighted by Crippen LogP contribution is -2.30. The molecule has 1 saturated heterocycles. The molecule has 2 aromatic heterocycles. The van der Waals surface area contributed by atoms with Crippen molar-refractivity contribution >= 4 is 5.91 Å². The standard InChI is InChI=1S/C20H23N5O/c1-14-7-4-5-8-18(14)25-15(2)17(12-22-25)20(26)24-10-6-9-19(24)16-11-21-23(3)13-16/h4-5,7-8,11-13,19H,6,9-10H2,1-3H3/t19-/m1/s1. The summed E-state index contributed by atoms with van der Waals surface area (Å²) in [5, 5.41) is 8.75. The van der Waals surface area contributed by atoms with Gasteiger partial charge in [0.2, 0.25) is 0 Å². The summed E-state index contributed by atoms with van der Waals surface area (Å²) in [7, 11) is 1.90. The van der Waals surface area contributed by atoms with Crippen molar-refractivity contribution < 1.29 is 4.79 Å². The fourth-order valence-corrected chi connectivity index (χ4v) is 3.79. The van der Waals surface area contributed by atoms with Crippen molar-refractivity contribution in [3.63, 3.8) is 0 Å². The average molecular weight is 349 g/mol. The summed E-state index contributed by atoms with van der Waals surface area (Å²) in [5.74, 6) is 0.0497. The van der Waals surface area contributed by atoms with Gasteiger partial charge in [0.1, 0.15) is 0 Å². The first-order valence-corrected chi connectivity index (χ1v) is 8.96. The summed E-state index contributed by atoms with van der Waals surface area (Å²) < 4.78 is 3.65. The predicted molar refractivity (Wildman–Crippen MR) is 99.3 cm³/mol. The highest BCUT2D eigenvalue weighted by Gasteiger charge is 2.33. The zero-order chi connectivity index (χ0) is 18.3. The Balaban J connectivity index is 1.66. The predicted octanol–water partition coefficient (Wildman–Crippen LogP) is 3.20. The molecule has 3 aromatic rings. The first kappa shape index (κ1) is 16.6. The average Bonchev–Trinajstić information content (AvgIpc) is 3.34. The highest BCUT2D eigenvalue weighted by molar-refractivity contribution is 5.95. The summed E-state index contributed by atoms with van der Waals surface area (Å²) in [4.78, 5) is 15.2. The minimum Gasteiger partial charge on any atom is -0.331 e. The number of para-hydroxylation sites is 1. The molecule has 0 bridgehead atoms. The van der Waals surface area contributed by atoms with Crippen LogP contribution in [-0.2, 0) is 7.05 Å². The zero-order valence-corrected chi connectivity index (χ0v) is 15.4. The molecule has 4 rings (SSSR count). The Labute approximate surface area is 153 Å². The van der Waals surface area contributed by atoms with Crippen molar-refractivity contribution in [2.24, 2.45) is 7.05 Å². The van der Waals surface area contributed by atoms with Crippen molar-refractivity contribution in [1.82, 2.24) is 24.5 Å². The molecule has 0 N–H and O–H groups in total. The van der Waals surface area contributed by atoms with Crippen LogP contribution in [0.5, 0.6) is 0 Å². The quantitative estimate of drug-likeness (QED) is 0.730. The van der Waals surface area contributed by atoms with Gasteiger partial charge in [-0.05, 0) is 38.3 Å². The van der Waals surface area contributed by atoms with Gasteiger partial charge in [-0.25, -0.2) is 4.68 Å². The first-order chi connectivity index (χ1) is 12.6. The number of likely N-dealkylation sites (tertiary alicyclic amines) is 1. The number of carbonyl (C=O) groups is 1. The molecule has 1 fully saturated rings. The summed E-state index contributed by atoms with van der Waals surface area (Å²) >= 11 is 0. The number of aryl methyl sites for hydroxylation is 2. The number of hydrogen-bond donors (Lipinski definition) is 0. The van der Waals surface area contributed by atoms with Gasteiger partial charge in [0.15, 0.2) is 0 Å². The van der Waals surface area contributed by atoms with Gasteiger partial charge in [-0.1, -0.05) is 18.2 Å². The summed E-state index contributed by atoms with van der Waals surface area (Å²) in [5.41, 5.74) is 4.79. The second-order valence-electron chi connectivity index (χ2n) is 6.95. The van der Waals surface area contributed by atoms with Gasteiger partial charge in [-0.3, -0.25) is 9.48 Å². The third kappa shape index (κ3) is 2.71. The Hall–Kier alpha value is -2.89. The Bertz CT molecular complexity index is 955. The van der Waals surface area contributed by atoms with Crippen LogP contribution >= 0.6 is 0 Å². The van der Waals surface area contributed by atoms with Crippen LogP contribution in [0.4, 0.5) is 0 Å². The monoisotopic (exact) mass is 349 g/mol. The number of aromatic nitrogens is 4. The van der Waals surface area contributed by atoms with Crippen LogP contribution in [0, 0.1) is 13.8 Å². The molecule has 0 spiro atoms. The maximum Gasteiger partial charge on any atom is 0.257 e. The molecule has 26 heavy (non-hydrogen) atoms. The zero-order valence-electron chi connectivity index (χ0n) is 15.4. The van der Waals surface area contributed by atoms with Crippen LogP contribution in [0.1, 0.15) is 46.1 Å². The highest BCUT2D eigenvalue weighted by Crippen LogP contribution is 2.33. The molecule has 0 unspecified atom stereocenters. The van der Waals surface area contributed by atoms with E-state index in [4.69, 9.17) is 0 Å². The third-order valence-corrected chi connectivity index (χ3v) is 5.21. The van der Waals surface area contributed by atoms with E-state index in [9.17, 15) is 4.79 Å². The van der Waals surface area contributed by atoms with Gasteiger partial charge in [-0.15, -0.1) is 0 Å². The second-order valence-corrected chi connectivity index (χ2v) is 6.95. The largest absolute Gasteiger partial charge is 0.331 e. The van der Waals surface area contributed by atoms with E-state index in [1.807, 2.05) is 54.1 Å². The van der Waals surface area contributed by atoms with Gasteiger partial charge in [0.25, 0.3) is 5.91 Å². The van der Waals surface area contributed by atoms with E-state index in [1.54, 1.807) is 10.9 Å². The maximum atomic E-state index is 13.2. The van der Waals surface area contributed by atoms with E-state index in [2.05, 4.69) is 23.2 Å². The van der Waals surface area contributed by atoms with Crippen LogP contribution in [0.3, 0.4) is 0 Å². The van der Waals surface area contributed by atoms with Crippen molar-refractivity contribution in [3.8, 4) is 5.69 Å². The minimum absolute atomic E-state index is 0.0497. The molecule has 6 heteroatoms. The molecule has 1 aliphatic heterocycles. The normalized spacial score (nSPS) is 17.0. The number of carbonyl (C=O) groups excluding carboxylic acids is 1. The van der Waals surface area contributed by atoms with Crippen LogP contribution in [0.2, 0.25) is 0 Å². The SMILES string of the molecule is Cc1ccccc1-n1ncc(C(=O)N2CCC[C@@H]2c2cnn(C)c2)c1C. The molecule has 0 aliphatic carbocycles.